The molecule has 2 atom stereocenters. The second kappa shape index (κ2) is 6.42. The minimum Gasteiger partial charge on any atom is -0.494 e. The number of methoxy groups -OCH3 is 1. The maximum Gasteiger partial charge on any atom is 0.311 e. The van der Waals surface area contributed by atoms with Gasteiger partial charge in [-0.1, -0.05) is 0 Å². The van der Waals surface area contributed by atoms with E-state index in [1.807, 2.05) is 0 Å². The Morgan fingerprint density at radius 3 is 2.18 bits per heavy atom. The summed E-state index contributed by atoms with van der Waals surface area (Å²) in [4.78, 5) is 25.1. The molecule has 1 aromatic heterocycles. The van der Waals surface area contributed by atoms with Crippen molar-refractivity contribution in [1.82, 2.24) is 4.57 Å². The van der Waals surface area contributed by atoms with Crippen LogP contribution in [0.3, 0.4) is 0 Å². The van der Waals surface area contributed by atoms with Gasteiger partial charge in [0.05, 0.1) is 18.9 Å². The molecule has 1 aromatic rings. The van der Waals surface area contributed by atoms with Gasteiger partial charge in [0.1, 0.15) is 5.60 Å². The molecular formula is C21H29NO6. The van der Waals surface area contributed by atoms with Crippen LogP contribution < -0.4 is 0 Å². The van der Waals surface area contributed by atoms with Gasteiger partial charge in [-0.15, -0.1) is 0 Å². The standard InChI is InChI=1S/C21H29NO6/c1-12-13(2)18(25)22(17(12)24)5-4-16(23)28-21-9-14-6-15(10-21)8-20(7-14,11-21)19(26)27-3/h14-15,24-25H,4-11H2,1-3H3. The van der Waals surface area contributed by atoms with Crippen molar-refractivity contribution in [2.24, 2.45) is 17.3 Å². The molecule has 5 rings (SSSR count). The lowest BCUT2D eigenvalue weighted by atomic mass is 9.48. The SMILES string of the molecule is COC(=O)C12CC3CC(CC(OC(=O)CCn4c(O)c(C)c(C)c4O)(C3)C1)C2. The van der Waals surface area contributed by atoms with Crippen molar-refractivity contribution in [3.8, 4) is 11.8 Å². The Balaban J connectivity index is 1.46. The van der Waals surface area contributed by atoms with Crippen LogP contribution in [0.15, 0.2) is 0 Å². The van der Waals surface area contributed by atoms with Crippen LogP contribution in [0.1, 0.15) is 56.1 Å². The Hall–Kier alpha value is -2.18. The molecule has 0 saturated heterocycles. The predicted molar refractivity (Wildman–Crippen MR) is 99.8 cm³/mol. The van der Waals surface area contributed by atoms with Crippen LogP contribution in [0.5, 0.6) is 11.8 Å². The first-order valence-electron chi connectivity index (χ1n) is 10.1. The normalized spacial score (nSPS) is 33.1. The maximum atomic E-state index is 12.6. The lowest BCUT2D eigenvalue weighted by Gasteiger charge is -2.59. The fourth-order valence-corrected chi connectivity index (χ4v) is 6.30. The van der Waals surface area contributed by atoms with Crippen LogP contribution in [-0.4, -0.2) is 39.4 Å². The summed E-state index contributed by atoms with van der Waals surface area (Å²) in [5.74, 6) is 0.219. The van der Waals surface area contributed by atoms with Crippen LogP contribution in [0, 0.1) is 31.1 Å². The largest absolute Gasteiger partial charge is 0.494 e. The number of ether oxygens (including phenoxy) is 2. The van der Waals surface area contributed by atoms with Gasteiger partial charge in [0.25, 0.3) is 0 Å². The number of esters is 2. The highest BCUT2D eigenvalue weighted by Gasteiger charge is 2.62. The number of nitrogens with zero attached hydrogens (tertiary/aromatic N) is 1. The summed E-state index contributed by atoms with van der Waals surface area (Å²) in [6.07, 6.45) is 4.99. The summed E-state index contributed by atoms with van der Waals surface area (Å²) >= 11 is 0. The highest BCUT2D eigenvalue weighted by atomic mass is 16.6. The highest BCUT2D eigenvalue weighted by molar-refractivity contribution is 5.78. The molecule has 2 N–H and O–H groups in total. The van der Waals surface area contributed by atoms with Crippen molar-refractivity contribution in [2.75, 3.05) is 7.11 Å². The molecule has 0 radical (unpaired) electrons. The van der Waals surface area contributed by atoms with E-state index >= 15 is 0 Å². The van der Waals surface area contributed by atoms with Gasteiger partial charge >= 0.3 is 11.9 Å². The smallest absolute Gasteiger partial charge is 0.311 e. The Morgan fingerprint density at radius 1 is 1.07 bits per heavy atom. The number of hydrogen-bond acceptors (Lipinski definition) is 6. The van der Waals surface area contributed by atoms with Crippen LogP contribution in [0.25, 0.3) is 0 Å². The number of carbonyl (C=O) groups is 2. The Morgan fingerprint density at radius 2 is 1.64 bits per heavy atom. The molecule has 4 aliphatic carbocycles. The van der Waals surface area contributed by atoms with Crippen LogP contribution in [0.4, 0.5) is 0 Å². The van der Waals surface area contributed by atoms with E-state index in [0.717, 1.165) is 32.1 Å². The third kappa shape index (κ3) is 2.86. The lowest BCUT2D eigenvalue weighted by molar-refractivity contribution is -0.211. The van der Waals surface area contributed by atoms with E-state index in [1.54, 1.807) is 13.8 Å². The molecule has 4 bridgehead atoms. The molecule has 28 heavy (non-hydrogen) atoms. The van der Waals surface area contributed by atoms with E-state index in [1.165, 1.54) is 11.7 Å². The number of aromatic nitrogens is 1. The first kappa shape index (κ1) is 19.2. The fourth-order valence-electron chi connectivity index (χ4n) is 6.30. The summed E-state index contributed by atoms with van der Waals surface area (Å²) < 4.78 is 12.4. The van der Waals surface area contributed by atoms with Crippen molar-refractivity contribution in [3.05, 3.63) is 11.1 Å². The van der Waals surface area contributed by atoms with Gasteiger partial charge in [0.15, 0.2) is 11.8 Å². The molecule has 4 aliphatic rings. The molecule has 4 saturated carbocycles. The molecule has 0 aromatic carbocycles. The molecule has 7 nitrogen and oxygen atoms in total. The number of rotatable bonds is 5. The fraction of sp³-hybridized carbons (Fsp3) is 0.714. The van der Waals surface area contributed by atoms with Gasteiger partial charge in [0.2, 0.25) is 0 Å². The average Bonchev–Trinajstić information content (AvgIpc) is 2.81. The van der Waals surface area contributed by atoms with Crippen molar-refractivity contribution < 1.29 is 29.3 Å². The number of carbonyl (C=O) groups excluding carboxylic acids is 2. The lowest BCUT2D eigenvalue weighted by Crippen LogP contribution is -2.60. The summed E-state index contributed by atoms with van der Waals surface area (Å²) in [5.41, 5.74) is 0.116. The zero-order valence-electron chi connectivity index (χ0n) is 16.8. The topological polar surface area (TPSA) is 98.0 Å². The van der Waals surface area contributed by atoms with E-state index in [9.17, 15) is 19.8 Å². The molecule has 154 valence electrons. The molecule has 0 spiro atoms. The monoisotopic (exact) mass is 391 g/mol. The maximum absolute atomic E-state index is 12.6. The minimum atomic E-state index is -0.581. The quantitative estimate of drug-likeness (QED) is 0.749. The molecular weight excluding hydrogens is 362 g/mol. The molecule has 2 unspecified atom stereocenters. The van der Waals surface area contributed by atoms with Crippen LogP contribution in [-0.2, 0) is 25.6 Å². The zero-order valence-corrected chi connectivity index (χ0v) is 16.8. The molecule has 0 amide bonds. The van der Waals surface area contributed by atoms with Gasteiger partial charge in [-0.2, -0.15) is 0 Å². The van der Waals surface area contributed by atoms with Gasteiger partial charge in [-0.05, 0) is 57.8 Å². The average molecular weight is 391 g/mol. The van der Waals surface area contributed by atoms with Gasteiger partial charge < -0.3 is 19.7 Å². The van der Waals surface area contributed by atoms with Gasteiger partial charge in [-0.3, -0.25) is 14.2 Å². The highest BCUT2D eigenvalue weighted by Crippen LogP contribution is 2.63. The Kier molecular flexibility index (Phi) is 4.39. The third-order valence-corrected chi connectivity index (χ3v) is 7.24. The van der Waals surface area contributed by atoms with E-state index < -0.39 is 11.0 Å². The number of hydrogen-bond donors (Lipinski definition) is 2. The van der Waals surface area contributed by atoms with E-state index in [0.29, 0.717) is 29.4 Å². The van der Waals surface area contributed by atoms with Crippen molar-refractivity contribution >= 4 is 11.9 Å². The Labute approximate surface area is 164 Å². The molecule has 7 heteroatoms. The zero-order chi connectivity index (χ0) is 20.3. The second-order valence-electron chi connectivity index (χ2n) is 9.19. The predicted octanol–water partition coefficient (Wildman–Crippen LogP) is 2.96. The van der Waals surface area contributed by atoms with E-state index in [2.05, 4.69) is 0 Å². The van der Waals surface area contributed by atoms with Crippen molar-refractivity contribution in [3.63, 3.8) is 0 Å². The van der Waals surface area contributed by atoms with E-state index in [-0.39, 0.29) is 36.7 Å². The summed E-state index contributed by atoms with van der Waals surface area (Å²) in [6, 6.07) is 0. The molecule has 1 heterocycles. The van der Waals surface area contributed by atoms with Crippen LogP contribution >= 0.6 is 0 Å². The summed E-state index contributed by atoms with van der Waals surface area (Å²) in [6.45, 7) is 3.60. The van der Waals surface area contributed by atoms with Crippen molar-refractivity contribution in [2.45, 2.75) is 70.9 Å². The van der Waals surface area contributed by atoms with Crippen molar-refractivity contribution in [1.29, 1.82) is 0 Å². The Bertz CT molecular complexity index is 786. The van der Waals surface area contributed by atoms with Gasteiger partial charge in [-0.25, -0.2) is 0 Å². The summed E-state index contributed by atoms with van der Waals surface area (Å²) in [7, 11) is 1.43. The van der Waals surface area contributed by atoms with Gasteiger partial charge in [0, 0.05) is 24.1 Å². The second-order valence-corrected chi connectivity index (χ2v) is 9.19. The summed E-state index contributed by atoms with van der Waals surface area (Å²) in [5, 5.41) is 20.3. The van der Waals surface area contributed by atoms with E-state index in [4.69, 9.17) is 9.47 Å². The van der Waals surface area contributed by atoms with Crippen LogP contribution in [0.2, 0.25) is 0 Å². The first-order valence-corrected chi connectivity index (χ1v) is 10.1. The molecule has 4 fully saturated rings. The third-order valence-electron chi connectivity index (χ3n) is 7.24. The number of aromatic hydroxyl groups is 2. The minimum absolute atomic E-state index is 0.0257. The molecule has 0 aliphatic heterocycles. The first-order chi connectivity index (χ1) is 13.2.